The predicted octanol–water partition coefficient (Wildman–Crippen LogP) is 6.26. The molecule has 0 bridgehead atoms. The van der Waals surface area contributed by atoms with E-state index in [1.807, 2.05) is 6.07 Å². The van der Waals surface area contributed by atoms with Crippen LogP contribution in [0.5, 0.6) is 0 Å². The van der Waals surface area contributed by atoms with Crippen molar-refractivity contribution < 1.29 is 9.53 Å². The fraction of sp³-hybridized carbons (Fsp3) is 0.714. The van der Waals surface area contributed by atoms with Crippen molar-refractivity contribution in [2.75, 3.05) is 25.5 Å². The summed E-state index contributed by atoms with van der Waals surface area (Å²) in [6.45, 7) is 8.48. The fourth-order valence-corrected chi connectivity index (χ4v) is 4.25. The van der Waals surface area contributed by atoms with E-state index in [1.54, 1.807) is 11.3 Å². The van der Waals surface area contributed by atoms with Gasteiger partial charge in [0.05, 0.1) is 12.7 Å². The average molecular weight is 413 g/mol. The third-order valence-electron chi connectivity index (χ3n) is 4.61. The first-order chi connectivity index (χ1) is 13.1. The molecule has 0 saturated carbocycles. The molecule has 6 heteroatoms. The number of nitrogens with zero attached hydrogens (tertiary/aromatic N) is 1. The minimum absolute atomic E-state index is 0.311. The number of hydrogen-bond acceptors (Lipinski definition) is 4. The number of ether oxygens (including phenoxy) is 1. The second-order valence-electron chi connectivity index (χ2n) is 6.84. The molecular formula is C21H36N2O2S2. The molecule has 1 aromatic heterocycles. The van der Waals surface area contributed by atoms with Gasteiger partial charge >= 0.3 is 5.97 Å². The van der Waals surface area contributed by atoms with Gasteiger partial charge in [0.1, 0.15) is 5.00 Å². The second-order valence-corrected chi connectivity index (χ2v) is 8.36. The molecule has 0 aliphatic carbocycles. The molecule has 27 heavy (non-hydrogen) atoms. The molecule has 1 heterocycles. The Morgan fingerprint density at radius 2 is 1.67 bits per heavy atom. The summed E-state index contributed by atoms with van der Waals surface area (Å²) in [5, 5.41) is 4.86. The monoisotopic (exact) mass is 412 g/mol. The van der Waals surface area contributed by atoms with E-state index in [4.69, 9.17) is 17.0 Å². The van der Waals surface area contributed by atoms with Gasteiger partial charge in [-0.2, -0.15) is 0 Å². The Bertz CT molecular complexity index is 561. The molecule has 4 nitrogen and oxygen atoms in total. The quantitative estimate of drug-likeness (QED) is 0.235. The molecule has 0 aliphatic heterocycles. The number of anilines is 1. The summed E-state index contributed by atoms with van der Waals surface area (Å²) in [6, 6.07) is 1.91. The zero-order valence-corrected chi connectivity index (χ0v) is 19.1. The molecule has 0 aromatic carbocycles. The Labute approximate surface area is 174 Å². The van der Waals surface area contributed by atoms with E-state index in [0.29, 0.717) is 5.56 Å². The van der Waals surface area contributed by atoms with Crippen LogP contribution in [0.1, 0.15) is 87.4 Å². The Hall–Kier alpha value is -1.14. The van der Waals surface area contributed by atoms with Crippen LogP contribution in [0.2, 0.25) is 0 Å². The summed E-state index contributed by atoms with van der Waals surface area (Å²) in [6.07, 6.45) is 10.7. The molecule has 1 N–H and O–H groups in total. The number of carbonyl (C=O) groups excluding carboxylic acids is 1. The van der Waals surface area contributed by atoms with E-state index in [2.05, 4.69) is 31.0 Å². The lowest BCUT2D eigenvalue weighted by molar-refractivity contribution is 0.0602. The first kappa shape index (κ1) is 23.9. The SMILES string of the molecule is CCCCCCN(CCCCCC)C(=S)Nc1sc(CC)cc1C(=O)OC. The number of unbranched alkanes of at least 4 members (excludes halogenated alkanes) is 6. The van der Waals surface area contributed by atoms with Crippen LogP contribution in [0.15, 0.2) is 6.07 Å². The third-order valence-corrected chi connectivity index (χ3v) is 6.16. The normalized spacial score (nSPS) is 10.7. The van der Waals surface area contributed by atoms with Crippen LogP contribution >= 0.6 is 23.6 Å². The van der Waals surface area contributed by atoms with Crippen molar-refractivity contribution in [1.82, 2.24) is 4.90 Å². The fourth-order valence-electron chi connectivity index (χ4n) is 2.92. The molecule has 0 saturated heterocycles. The van der Waals surface area contributed by atoms with Crippen LogP contribution in [0.25, 0.3) is 0 Å². The van der Waals surface area contributed by atoms with Crippen molar-refractivity contribution in [2.45, 2.75) is 78.6 Å². The predicted molar refractivity (Wildman–Crippen MR) is 121 cm³/mol. The van der Waals surface area contributed by atoms with Gasteiger partial charge < -0.3 is 15.0 Å². The number of hydrogen-bond donors (Lipinski definition) is 1. The number of methoxy groups -OCH3 is 1. The van der Waals surface area contributed by atoms with E-state index < -0.39 is 0 Å². The highest BCUT2D eigenvalue weighted by molar-refractivity contribution is 7.80. The van der Waals surface area contributed by atoms with Crippen LogP contribution in [0.3, 0.4) is 0 Å². The zero-order chi connectivity index (χ0) is 20.1. The lowest BCUT2D eigenvalue weighted by Crippen LogP contribution is -2.36. The average Bonchev–Trinajstić information content (AvgIpc) is 3.08. The Morgan fingerprint density at radius 3 is 2.15 bits per heavy atom. The number of rotatable bonds is 13. The van der Waals surface area contributed by atoms with Gasteiger partial charge in [-0.25, -0.2) is 4.79 Å². The van der Waals surface area contributed by atoms with E-state index in [9.17, 15) is 4.79 Å². The van der Waals surface area contributed by atoms with Gasteiger partial charge in [0.2, 0.25) is 0 Å². The molecule has 1 aromatic rings. The first-order valence-electron chi connectivity index (χ1n) is 10.3. The van der Waals surface area contributed by atoms with Crippen molar-refractivity contribution >= 4 is 39.6 Å². The zero-order valence-electron chi connectivity index (χ0n) is 17.4. The van der Waals surface area contributed by atoms with Crippen LogP contribution in [-0.4, -0.2) is 36.2 Å². The smallest absolute Gasteiger partial charge is 0.340 e. The number of carbonyl (C=O) groups is 1. The largest absolute Gasteiger partial charge is 0.465 e. The number of thiocarbonyl (C=S) groups is 1. The number of thiophene rings is 1. The minimum atomic E-state index is -0.311. The molecule has 0 unspecified atom stereocenters. The van der Waals surface area contributed by atoms with Gasteiger partial charge in [0, 0.05) is 18.0 Å². The lowest BCUT2D eigenvalue weighted by atomic mass is 10.2. The maximum absolute atomic E-state index is 12.1. The van der Waals surface area contributed by atoms with Crippen LogP contribution in [0, 0.1) is 0 Å². The van der Waals surface area contributed by atoms with Gasteiger partial charge in [-0.3, -0.25) is 0 Å². The second kappa shape index (κ2) is 13.9. The standard InChI is InChI=1S/C21H36N2O2S2/c1-5-8-10-12-14-23(15-13-11-9-6-2)21(26)22-19-18(20(24)25-4)16-17(7-3)27-19/h16H,5-15H2,1-4H3,(H,22,26). The Balaban J connectivity index is 2.78. The van der Waals surface area contributed by atoms with Gasteiger partial charge in [-0.05, 0) is 37.5 Å². The van der Waals surface area contributed by atoms with Crippen LogP contribution < -0.4 is 5.32 Å². The first-order valence-corrected chi connectivity index (χ1v) is 11.6. The van der Waals surface area contributed by atoms with Crippen molar-refractivity contribution in [1.29, 1.82) is 0 Å². The van der Waals surface area contributed by atoms with Crippen molar-refractivity contribution in [3.8, 4) is 0 Å². The maximum Gasteiger partial charge on any atom is 0.340 e. The minimum Gasteiger partial charge on any atom is -0.465 e. The van der Waals surface area contributed by atoms with E-state index in [0.717, 1.165) is 47.3 Å². The van der Waals surface area contributed by atoms with E-state index in [1.165, 1.54) is 45.6 Å². The molecule has 0 amide bonds. The highest BCUT2D eigenvalue weighted by Gasteiger charge is 2.19. The highest BCUT2D eigenvalue weighted by Crippen LogP contribution is 2.29. The summed E-state index contributed by atoms with van der Waals surface area (Å²) in [5.74, 6) is -0.311. The summed E-state index contributed by atoms with van der Waals surface area (Å²) < 4.78 is 4.93. The number of nitrogens with one attached hydrogen (secondary N) is 1. The lowest BCUT2D eigenvalue weighted by Gasteiger charge is -2.26. The molecule has 0 atom stereocenters. The van der Waals surface area contributed by atoms with Gasteiger partial charge in [-0.1, -0.05) is 59.3 Å². The van der Waals surface area contributed by atoms with Crippen molar-refractivity contribution in [2.24, 2.45) is 0 Å². The van der Waals surface area contributed by atoms with E-state index in [-0.39, 0.29) is 5.97 Å². The van der Waals surface area contributed by atoms with Gasteiger partial charge in [0.15, 0.2) is 5.11 Å². The van der Waals surface area contributed by atoms with Crippen LogP contribution in [-0.2, 0) is 11.2 Å². The molecule has 0 fully saturated rings. The van der Waals surface area contributed by atoms with Gasteiger partial charge in [-0.15, -0.1) is 11.3 Å². The molecular weight excluding hydrogens is 376 g/mol. The van der Waals surface area contributed by atoms with Gasteiger partial charge in [0.25, 0.3) is 0 Å². The summed E-state index contributed by atoms with van der Waals surface area (Å²) in [7, 11) is 1.42. The molecule has 154 valence electrons. The molecule has 1 rings (SSSR count). The summed E-state index contributed by atoms with van der Waals surface area (Å²) in [5.41, 5.74) is 0.582. The Morgan fingerprint density at radius 1 is 1.07 bits per heavy atom. The summed E-state index contributed by atoms with van der Waals surface area (Å²) in [4.78, 5) is 15.5. The van der Waals surface area contributed by atoms with Crippen LogP contribution in [0.4, 0.5) is 5.00 Å². The maximum atomic E-state index is 12.1. The number of esters is 1. The summed E-state index contributed by atoms with van der Waals surface area (Å²) >= 11 is 7.30. The topological polar surface area (TPSA) is 41.6 Å². The third kappa shape index (κ3) is 8.60. The molecule has 0 radical (unpaired) electrons. The van der Waals surface area contributed by atoms with Crippen molar-refractivity contribution in [3.63, 3.8) is 0 Å². The molecule has 0 spiro atoms. The molecule has 0 aliphatic rings. The highest BCUT2D eigenvalue weighted by atomic mass is 32.1. The van der Waals surface area contributed by atoms with E-state index >= 15 is 0 Å². The van der Waals surface area contributed by atoms with Crippen molar-refractivity contribution in [3.05, 3.63) is 16.5 Å². The number of aryl methyl sites for hydroxylation is 1. The Kier molecular flexibility index (Phi) is 12.3.